The number of esters is 1. The summed E-state index contributed by atoms with van der Waals surface area (Å²) in [4.78, 5) is 11.3. The first-order chi connectivity index (χ1) is 9.20. The smallest absolute Gasteiger partial charge is 0.337 e. The summed E-state index contributed by atoms with van der Waals surface area (Å²) < 4.78 is 4.63. The summed E-state index contributed by atoms with van der Waals surface area (Å²) >= 11 is 0. The molecule has 0 fully saturated rings. The molecule has 0 saturated heterocycles. The molecule has 0 spiro atoms. The zero-order valence-corrected chi connectivity index (χ0v) is 10.5. The molecule has 0 atom stereocenters. The number of phenols is 1. The first-order valence-corrected chi connectivity index (χ1v) is 5.85. The molecule has 0 bridgehead atoms. The normalized spacial score (nSPS) is 10.6. The summed E-state index contributed by atoms with van der Waals surface area (Å²) in [7, 11) is 1.36. The average molecular weight is 254 g/mol. The Balaban J connectivity index is 2.16. The Labute approximate surface area is 111 Å². The van der Waals surface area contributed by atoms with Crippen molar-refractivity contribution in [3.63, 3.8) is 0 Å². The van der Waals surface area contributed by atoms with Gasteiger partial charge in [-0.15, -0.1) is 0 Å². The van der Waals surface area contributed by atoms with Crippen LogP contribution < -0.4 is 0 Å². The van der Waals surface area contributed by atoms with E-state index in [-0.39, 0.29) is 11.7 Å². The molecule has 0 aromatic heterocycles. The maximum atomic E-state index is 11.3. The van der Waals surface area contributed by atoms with E-state index in [4.69, 9.17) is 0 Å². The molecular weight excluding hydrogens is 240 g/mol. The standard InChI is InChI=1S/C16H14O3/c1-19-16(18)14-10-7-12(8-11-14)6-9-13-4-2-3-5-15(13)17/h2-11,17H,1H3/b9-6+. The monoisotopic (exact) mass is 254 g/mol. The van der Waals surface area contributed by atoms with E-state index in [1.54, 1.807) is 24.3 Å². The molecule has 2 aromatic carbocycles. The van der Waals surface area contributed by atoms with Gasteiger partial charge in [-0.1, -0.05) is 42.5 Å². The minimum absolute atomic E-state index is 0.241. The molecule has 1 N–H and O–H groups in total. The predicted molar refractivity (Wildman–Crippen MR) is 74.8 cm³/mol. The van der Waals surface area contributed by atoms with E-state index in [1.165, 1.54) is 7.11 Å². The van der Waals surface area contributed by atoms with Gasteiger partial charge in [-0.2, -0.15) is 0 Å². The Morgan fingerprint density at radius 3 is 2.37 bits per heavy atom. The third-order valence-corrected chi connectivity index (χ3v) is 2.72. The molecule has 2 aromatic rings. The lowest BCUT2D eigenvalue weighted by atomic mass is 10.1. The Hall–Kier alpha value is -2.55. The molecule has 0 unspecified atom stereocenters. The van der Waals surface area contributed by atoms with Crippen molar-refractivity contribution in [1.29, 1.82) is 0 Å². The van der Waals surface area contributed by atoms with Gasteiger partial charge in [0.15, 0.2) is 0 Å². The van der Waals surface area contributed by atoms with Gasteiger partial charge in [0.05, 0.1) is 12.7 Å². The number of phenolic OH excluding ortho intramolecular Hbond substituents is 1. The molecule has 0 saturated carbocycles. The van der Waals surface area contributed by atoms with E-state index in [1.807, 2.05) is 36.4 Å². The van der Waals surface area contributed by atoms with Crippen molar-refractivity contribution >= 4 is 18.1 Å². The lowest BCUT2D eigenvalue weighted by Gasteiger charge is -2.00. The molecule has 0 aliphatic rings. The summed E-state index contributed by atoms with van der Waals surface area (Å²) in [5.41, 5.74) is 2.21. The molecule has 0 radical (unpaired) electrons. The van der Waals surface area contributed by atoms with Crippen LogP contribution in [0.2, 0.25) is 0 Å². The van der Waals surface area contributed by atoms with Gasteiger partial charge in [0, 0.05) is 5.56 Å². The van der Waals surface area contributed by atoms with Crippen LogP contribution in [0, 0.1) is 0 Å². The van der Waals surface area contributed by atoms with Crippen LogP contribution in [-0.4, -0.2) is 18.2 Å². The van der Waals surface area contributed by atoms with Crippen LogP contribution in [-0.2, 0) is 4.74 Å². The number of ether oxygens (including phenoxy) is 1. The highest BCUT2D eigenvalue weighted by molar-refractivity contribution is 5.89. The van der Waals surface area contributed by atoms with Gasteiger partial charge < -0.3 is 9.84 Å². The highest BCUT2D eigenvalue weighted by Crippen LogP contribution is 2.18. The maximum absolute atomic E-state index is 11.3. The highest BCUT2D eigenvalue weighted by Gasteiger charge is 2.03. The second-order valence-electron chi connectivity index (χ2n) is 4.01. The second-order valence-corrected chi connectivity index (χ2v) is 4.01. The van der Waals surface area contributed by atoms with Gasteiger partial charge in [-0.05, 0) is 23.8 Å². The van der Waals surface area contributed by atoms with Crippen molar-refractivity contribution in [3.05, 3.63) is 65.2 Å². The fourth-order valence-electron chi connectivity index (χ4n) is 1.66. The number of benzene rings is 2. The Morgan fingerprint density at radius 1 is 1.05 bits per heavy atom. The molecule has 3 heteroatoms. The predicted octanol–water partition coefficient (Wildman–Crippen LogP) is 3.35. The lowest BCUT2D eigenvalue weighted by Crippen LogP contribution is -2.00. The van der Waals surface area contributed by atoms with E-state index in [0.29, 0.717) is 5.56 Å². The van der Waals surface area contributed by atoms with Crippen LogP contribution in [0.15, 0.2) is 48.5 Å². The fourth-order valence-corrected chi connectivity index (χ4v) is 1.66. The molecule has 3 nitrogen and oxygen atoms in total. The van der Waals surface area contributed by atoms with Crippen molar-refractivity contribution in [2.45, 2.75) is 0 Å². The topological polar surface area (TPSA) is 46.5 Å². The third kappa shape index (κ3) is 3.22. The molecule has 2 rings (SSSR count). The van der Waals surface area contributed by atoms with E-state index < -0.39 is 0 Å². The van der Waals surface area contributed by atoms with Crippen LogP contribution in [0.1, 0.15) is 21.5 Å². The number of para-hydroxylation sites is 1. The number of carbonyl (C=O) groups is 1. The van der Waals surface area contributed by atoms with Crippen molar-refractivity contribution in [3.8, 4) is 5.75 Å². The van der Waals surface area contributed by atoms with Gasteiger partial charge in [0.2, 0.25) is 0 Å². The van der Waals surface area contributed by atoms with E-state index in [0.717, 1.165) is 11.1 Å². The van der Waals surface area contributed by atoms with E-state index in [9.17, 15) is 9.90 Å². The Kier molecular flexibility index (Phi) is 3.98. The van der Waals surface area contributed by atoms with Crippen molar-refractivity contribution in [2.75, 3.05) is 7.11 Å². The first kappa shape index (κ1) is 12.9. The summed E-state index contributed by atoms with van der Waals surface area (Å²) in [5, 5.41) is 9.62. The average Bonchev–Trinajstić information content (AvgIpc) is 2.46. The van der Waals surface area contributed by atoms with Crippen LogP contribution in [0.4, 0.5) is 0 Å². The number of rotatable bonds is 3. The number of carbonyl (C=O) groups excluding carboxylic acids is 1. The molecule has 0 heterocycles. The van der Waals surface area contributed by atoms with Gasteiger partial charge in [-0.25, -0.2) is 4.79 Å². The minimum Gasteiger partial charge on any atom is -0.507 e. The van der Waals surface area contributed by atoms with Gasteiger partial charge in [-0.3, -0.25) is 0 Å². The zero-order chi connectivity index (χ0) is 13.7. The maximum Gasteiger partial charge on any atom is 0.337 e. The largest absolute Gasteiger partial charge is 0.507 e. The number of hydrogen-bond acceptors (Lipinski definition) is 3. The molecule has 0 amide bonds. The summed E-state index contributed by atoms with van der Waals surface area (Å²) in [6.45, 7) is 0. The van der Waals surface area contributed by atoms with Gasteiger partial charge in [0.25, 0.3) is 0 Å². The fraction of sp³-hybridized carbons (Fsp3) is 0.0625. The van der Waals surface area contributed by atoms with Crippen molar-refractivity contribution in [1.82, 2.24) is 0 Å². The van der Waals surface area contributed by atoms with Crippen molar-refractivity contribution in [2.24, 2.45) is 0 Å². The van der Waals surface area contributed by atoms with Gasteiger partial charge >= 0.3 is 5.97 Å². The number of aromatic hydroxyl groups is 1. The summed E-state index contributed by atoms with van der Waals surface area (Å²) in [6.07, 6.45) is 3.69. The van der Waals surface area contributed by atoms with Crippen molar-refractivity contribution < 1.29 is 14.6 Å². The summed E-state index contributed by atoms with van der Waals surface area (Å²) in [6, 6.07) is 14.2. The van der Waals surface area contributed by atoms with Crippen LogP contribution >= 0.6 is 0 Å². The zero-order valence-electron chi connectivity index (χ0n) is 10.5. The van der Waals surface area contributed by atoms with Crippen LogP contribution in [0.3, 0.4) is 0 Å². The molecule has 0 aliphatic carbocycles. The SMILES string of the molecule is COC(=O)c1ccc(/C=C/c2ccccc2O)cc1. The first-order valence-electron chi connectivity index (χ1n) is 5.85. The Morgan fingerprint density at radius 2 is 1.74 bits per heavy atom. The summed E-state index contributed by atoms with van der Waals surface area (Å²) in [5.74, 6) is -0.110. The number of hydrogen-bond donors (Lipinski definition) is 1. The van der Waals surface area contributed by atoms with E-state index in [2.05, 4.69) is 4.74 Å². The minimum atomic E-state index is -0.351. The second kappa shape index (κ2) is 5.87. The molecular formula is C16H14O3. The highest BCUT2D eigenvalue weighted by atomic mass is 16.5. The van der Waals surface area contributed by atoms with E-state index >= 15 is 0 Å². The van der Waals surface area contributed by atoms with Crippen LogP contribution in [0.5, 0.6) is 5.75 Å². The number of methoxy groups -OCH3 is 1. The lowest BCUT2D eigenvalue weighted by molar-refractivity contribution is 0.0600. The third-order valence-electron chi connectivity index (χ3n) is 2.72. The Bertz CT molecular complexity index is 598. The molecule has 19 heavy (non-hydrogen) atoms. The quantitative estimate of drug-likeness (QED) is 0.675. The molecule has 0 aliphatic heterocycles. The van der Waals surface area contributed by atoms with Crippen LogP contribution in [0.25, 0.3) is 12.2 Å². The van der Waals surface area contributed by atoms with Gasteiger partial charge in [0.1, 0.15) is 5.75 Å². The molecule has 96 valence electrons.